The third kappa shape index (κ3) is 9.51. The van der Waals surface area contributed by atoms with Gasteiger partial charge in [-0.1, -0.05) is 297 Å². The number of para-hydroxylation sites is 3. The second-order valence-corrected chi connectivity index (χ2v) is 30.3. The maximum atomic E-state index is 5.09. The van der Waals surface area contributed by atoms with E-state index in [9.17, 15) is 0 Å². The summed E-state index contributed by atoms with van der Waals surface area (Å²) in [7, 11) is 0. The number of hydrogen-bond acceptors (Lipinski definition) is 7. The summed E-state index contributed by atoms with van der Waals surface area (Å²) in [6.45, 7) is 0. The zero-order chi connectivity index (χ0) is 75.8. The second-order valence-electron chi connectivity index (χ2n) is 30.3. The van der Waals surface area contributed by atoms with Crippen molar-refractivity contribution in [1.29, 1.82) is 0 Å². The summed E-state index contributed by atoms with van der Waals surface area (Å²) < 4.78 is 9.09. The highest BCUT2D eigenvalue weighted by atomic mass is 15.1. The molecule has 0 unspecified atom stereocenters. The van der Waals surface area contributed by atoms with Gasteiger partial charge in [-0.25, -0.2) is 34.9 Å². The summed E-state index contributed by atoms with van der Waals surface area (Å²) >= 11 is 0. The normalized spacial score (nSPS) is 12.1. The Hall–Kier alpha value is -15.9. The third-order valence-corrected chi connectivity index (χ3v) is 24.0. The first-order chi connectivity index (χ1) is 57.5. The number of rotatable bonds is 0. The van der Waals surface area contributed by atoms with Crippen molar-refractivity contribution in [3.8, 4) is 0 Å². The highest BCUT2D eigenvalue weighted by Crippen LogP contribution is 2.45. The third-order valence-electron chi connectivity index (χ3n) is 24.0. The van der Waals surface area contributed by atoms with Crippen molar-refractivity contribution in [3.05, 3.63) is 371 Å². The lowest BCUT2D eigenvalue weighted by Crippen LogP contribution is -1.98. The van der Waals surface area contributed by atoms with E-state index < -0.39 is 0 Å². The molecule has 0 aliphatic heterocycles. The van der Waals surface area contributed by atoms with Gasteiger partial charge >= 0.3 is 0 Å². The van der Waals surface area contributed by atoms with Crippen molar-refractivity contribution in [1.82, 2.24) is 52.5 Å². The average Bonchev–Trinajstić information content (AvgIpc) is 1.49. The number of hydrogen-bond donors (Lipinski definition) is 0. The molecule has 28 rings (SSSR count). The number of benzene rings is 16. The summed E-state index contributed by atoms with van der Waals surface area (Å²) in [6.07, 6.45) is 12.2. The van der Waals surface area contributed by atoms with Gasteiger partial charge in [-0.3, -0.25) is 13.2 Å². The molecule has 11 heteroatoms. The Labute approximate surface area is 658 Å². The van der Waals surface area contributed by atoms with Gasteiger partial charge in [0.1, 0.15) is 16.7 Å². The van der Waals surface area contributed by atoms with Gasteiger partial charge in [0.2, 0.25) is 0 Å². The van der Waals surface area contributed by atoms with Crippen LogP contribution >= 0.6 is 0 Å². The van der Waals surface area contributed by atoms with Gasteiger partial charge in [0.15, 0.2) is 22.6 Å². The van der Waals surface area contributed by atoms with Crippen LogP contribution in [-0.4, -0.2) is 52.5 Å². The minimum atomic E-state index is 0.555. The minimum absolute atomic E-state index is 0.555. The molecule has 0 saturated carbocycles. The molecule has 0 fully saturated rings. The second kappa shape index (κ2) is 24.8. The highest BCUT2D eigenvalue weighted by Gasteiger charge is 2.23. The van der Waals surface area contributed by atoms with Crippen LogP contribution in [0.2, 0.25) is 0 Å². The number of fused-ring (bicyclic) bond motifs is 44. The molecule has 0 saturated heterocycles. The van der Waals surface area contributed by atoms with Crippen LogP contribution in [0.4, 0.5) is 0 Å². The molecule has 0 aliphatic rings. The average molecular weight is 1480 g/mol. The summed E-state index contributed by atoms with van der Waals surface area (Å²) in [6, 6.07) is 119. The standard InChI is InChI=1S/C28H17N.C27H16N2.C26H15N3.C24H13N5/c1-2-9-20-16-26-25(15-19(20)8-1)24-14-13-18-7-3-5-11-22(18)27(24)28-23-12-6-4-10-21(23)17-29(26)28;1-4-10-20-17(7-1)13-14-22-23-15-18-8-3-6-12-24(18)28-27(23)29-16-19-9-2-5-11-21(19)26(29)25(20)22;1-3-9-18-16(7-1)13-14-20-23(18)25-19-10-4-2-8-17(19)15-29(25)26-24(20)27-21-11-5-6-12-22(21)28-26;1-3-7-16-14(5-1)9-10-18-19(16)21-17-8-4-2-6-15(17)13-29(21)24-20(18)27-22-23(28-24)26-12-11-25-22/h1-17H;1-16H;1-15H;1-13H. The maximum Gasteiger partial charge on any atom is 0.199 e. The number of aromatic nitrogens is 11. The van der Waals surface area contributed by atoms with E-state index in [-0.39, 0.29) is 0 Å². The zero-order valence-corrected chi connectivity index (χ0v) is 62.1. The van der Waals surface area contributed by atoms with Crippen LogP contribution in [0.25, 0.3) is 240 Å². The fourth-order valence-electron chi connectivity index (χ4n) is 18.9. The lowest BCUT2D eigenvalue weighted by molar-refractivity contribution is 1.16. The summed E-state index contributed by atoms with van der Waals surface area (Å²) in [5.41, 5.74) is 14.6. The smallest absolute Gasteiger partial charge is 0.199 e. The molecule has 0 atom stereocenters. The van der Waals surface area contributed by atoms with Gasteiger partial charge in [0.05, 0.1) is 44.1 Å². The first-order valence-electron chi connectivity index (χ1n) is 39.2. The maximum absolute atomic E-state index is 5.09. The molecule has 0 amide bonds. The topological polar surface area (TPSA) is 108 Å². The van der Waals surface area contributed by atoms with Crippen molar-refractivity contribution >= 4 is 240 Å². The van der Waals surface area contributed by atoms with Gasteiger partial charge in [-0.2, -0.15) is 0 Å². The van der Waals surface area contributed by atoms with E-state index in [4.69, 9.17) is 24.9 Å². The van der Waals surface area contributed by atoms with E-state index in [0.717, 1.165) is 60.8 Å². The van der Waals surface area contributed by atoms with Crippen molar-refractivity contribution < 1.29 is 0 Å². The first-order valence-corrected chi connectivity index (χ1v) is 39.2. The molecule has 11 nitrogen and oxygen atoms in total. The van der Waals surface area contributed by atoms with Gasteiger partial charge in [0, 0.05) is 129 Å². The van der Waals surface area contributed by atoms with Crippen LogP contribution in [0.3, 0.4) is 0 Å². The van der Waals surface area contributed by atoms with Crippen molar-refractivity contribution in [2.24, 2.45) is 0 Å². The Morgan fingerprint density at radius 2 is 0.491 bits per heavy atom. The Bertz CT molecular complexity index is 8090. The Balaban J connectivity index is 0.0000000866. The van der Waals surface area contributed by atoms with Crippen molar-refractivity contribution in [2.75, 3.05) is 0 Å². The molecule has 0 aliphatic carbocycles. The predicted octanol–water partition coefficient (Wildman–Crippen LogP) is 26.6. The van der Waals surface area contributed by atoms with Crippen molar-refractivity contribution in [2.45, 2.75) is 0 Å². The molecule has 0 N–H and O–H groups in total. The molecule has 12 aromatic heterocycles. The Kier molecular flexibility index (Phi) is 13.7. The van der Waals surface area contributed by atoms with E-state index in [2.05, 4.69) is 362 Å². The van der Waals surface area contributed by atoms with Crippen LogP contribution in [0, 0.1) is 0 Å². The van der Waals surface area contributed by atoms with Crippen LogP contribution in [0.1, 0.15) is 0 Å². The molecule has 16 aromatic carbocycles. The van der Waals surface area contributed by atoms with Gasteiger partial charge in [-0.15, -0.1) is 0 Å². The first kappa shape index (κ1) is 63.9. The predicted molar refractivity (Wildman–Crippen MR) is 484 cm³/mol. The molecule has 116 heavy (non-hydrogen) atoms. The fraction of sp³-hybridized carbons (Fsp3) is 0. The van der Waals surface area contributed by atoms with Crippen LogP contribution in [0.5, 0.6) is 0 Å². The molecule has 28 aromatic rings. The molecule has 0 bridgehead atoms. The molecular formula is C105H61N11. The van der Waals surface area contributed by atoms with Gasteiger partial charge < -0.3 is 4.40 Å². The summed E-state index contributed by atoms with van der Waals surface area (Å²) in [5, 5.41) is 36.1. The lowest BCUT2D eigenvalue weighted by atomic mass is 9.96. The molecule has 0 radical (unpaired) electrons. The SMILES string of the molecule is c1ccc2c(c1)ccc1c3nc4ccccc4nc3n3cc4ccccc4c3c21.c1ccc2c(c1)ccc1c3nc4nccnc4nc3n3cc4ccccc4c3c21.c1ccc2cc3c(cc2c1)c1ccc2ccccc2c1c1c2ccccc2cn31.c1ccc2nc3c(cc2c1)c1ccc2ccccc2c1c1c2ccccc2cn31. The van der Waals surface area contributed by atoms with Crippen molar-refractivity contribution in [3.63, 3.8) is 0 Å². The van der Waals surface area contributed by atoms with E-state index in [0.29, 0.717) is 11.3 Å². The number of nitrogens with zero attached hydrogens (tertiary/aromatic N) is 11. The summed E-state index contributed by atoms with van der Waals surface area (Å²) in [4.78, 5) is 33.7. The Morgan fingerprint density at radius 3 is 0.974 bits per heavy atom. The van der Waals surface area contributed by atoms with E-state index >= 15 is 0 Å². The van der Waals surface area contributed by atoms with Crippen LogP contribution in [-0.2, 0) is 0 Å². The summed E-state index contributed by atoms with van der Waals surface area (Å²) in [5.74, 6) is 0. The minimum Gasteiger partial charge on any atom is -0.315 e. The van der Waals surface area contributed by atoms with E-state index in [1.807, 2.05) is 24.3 Å². The Morgan fingerprint density at radius 1 is 0.181 bits per heavy atom. The van der Waals surface area contributed by atoms with Crippen LogP contribution in [0.15, 0.2) is 371 Å². The molecular weight excluding hydrogens is 1420 g/mol. The van der Waals surface area contributed by atoms with Gasteiger partial charge in [-0.05, 0) is 101 Å². The largest absolute Gasteiger partial charge is 0.315 e. The quantitative estimate of drug-likeness (QED) is 0.110. The van der Waals surface area contributed by atoms with E-state index in [1.165, 1.54) is 167 Å². The zero-order valence-electron chi connectivity index (χ0n) is 62.1. The lowest BCUT2D eigenvalue weighted by Gasteiger charge is -2.13. The molecule has 0 spiro atoms. The van der Waals surface area contributed by atoms with Crippen LogP contribution < -0.4 is 0 Å². The number of pyridine rings is 5. The van der Waals surface area contributed by atoms with E-state index in [1.54, 1.807) is 12.4 Å². The fourth-order valence-corrected chi connectivity index (χ4v) is 18.9. The molecule has 12 heterocycles. The monoisotopic (exact) mass is 1480 g/mol. The highest BCUT2D eigenvalue weighted by molar-refractivity contribution is 6.32. The molecule has 536 valence electrons. The van der Waals surface area contributed by atoms with Gasteiger partial charge in [0.25, 0.3) is 0 Å².